The maximum atomic E-state index is 10.6. The highest BCUT2D eigenvalue weighted by Gasteiger charge is 2.27. The Kier molecular flexibility index (Phi) is 4.74. The maximum absolute atomic E-state index is 10.6. The fourth-order valence-electron chi connectivity index (χ4n) is 3.82. The molecule has 0 aliphatic heterocycles. The van der Waals surface area contributed by atoms with Gasteiger partial charge in [0.25, 0.3) is 0 Å². The quantitative estimate of drug-likeness (QED) is 0.711. The summed E-state index contributed by atoms with van der Waals surface area (Å²) in [7, 11) is 0. The van der Waals surface area contributed by atoms with Gasteiger partial charge in [-0.2, -0.15) is 10.2 Å². The minimum absolute atomic E-state index is 0. The number of allylic oxidation sites excluding steroid dienone is 3. The minimum Gasteiger partial charge on any atom is -0.508 e. The summed E-state index contributed by atoms with van der Waals surface area (Å²) in [6, 6.07) is 7.42. The molecule has 142 valence electrons. The number of aromatic nitrogens is 4. The minimum atomic E-state index is -0.363. The lowest BCUT2D eigenvalue weighted by molar-refractivity contribution is 0.388. The number of aromatic hydroxyl groups is 1. The van der Waals surface area contributed by atoms with E-state index in [9.17, 15) is 5.11 Å². The van der Waals surface area contributed by atoms with Crippen molar-refractivity contribution in [3.05, 3.63) is 83.0 Å². The molecule has 0 spiro atoms. The average molecular weight is 372 g/mol. The van der Waals surface area contributed by atoms with Gasteiger partial charge in [0.2, 0.25) is 0 Å². The van der Waals surface area contributed by atoms with Gasteiger partial charge in [-0.1, -0.05) is 49.9 Å². The Hall–Kier alpha value is -3.34. The lowest BCUT2D eigenvalue weighted by Gasteiger charge is -2.23. The first-order valence-electron chi connectivity index (χ1n) is 9.24. The maximum Gasteiger partial charge on any atom is 0.173 e. The molecule has 1 unspecified atom stereocenters. The molecule has 2 aromatic heterocycles. The molecule has 5 nitrogen and oxygen atoms in total. The third-order valence-corrected chi connectivity index (χ3v) is 5.16. The van der Waals surface area contributed by atoms with E-state index in [-0.39, 0.29) is 19.3 Å². The molecule has 0 bridgehead atoms. The molecular weight excluding hydrogens is 348 g/mol. The molecule has 0 amide bonds. The van der Waals surface area contributed by atoms with Crippen LogP contribution in [0.1, 0.15) is 54.5 Å². The summed E-state index contributed by atoms with van der Waals surface area (Å²) in [5.74, 6) is 0.240. The molecule has 0 saturated carbocycles. The van der Waals surface area contributed by atoms with Crippen LogP contribution in [0, 0.1) is 0 Å². The number of benzene rings is 1. The predicted molar refractivity (Wildman–Crippen MR) is 113 cm³/mol. The van der Waals surface area contributed by atoms with Crippen molar-refractivity contribution in [3.8, 4) is 5.75 Å². The summed E-state index contributed by atoms with van der Waals surface area (Å²) >= 11 is 0. The lowest BCUT2D eigenvalue weighted by atomic mass is 10.0. The Bertz CT molecular complexity index is 1080. The van der Waals surface area contributed by atoms with Gasteiger partial charge >= 0.3 is 0 Å². The Labute approximate surface area is 164 Å². The molecule has 1 aromatic carbocycles. The fraction of sp³-hybridized carbons (Fsp3) is 0.217. The zero-order chi connectivity index (χ0) is 18.2. The van der Waals surface area contributed by atoms with Gasteiger partial charge in [-0.05, 0) is 43.0 Å². The molecule has 0 fully saturated rings. The standard InChI is InChI=1S/C22H20N4O.CH4/c27-21-13-7-5-10-18(21)22(26-20-12-6-4-9-17(20)15-24-26)25-19-11-3-1-2-8-16(19)14-23-25;/h2-3,5-8,10-15,22,27H,1,4,9H2;1H4. The topological polar surface area (TPSA) is 55.9 Å². The first-order chi connectivity index (χ1) is 13.3. The molecule has 2 aliphatic carbocycles. The van der Waals surface area contributed by atoms with Crippen molar-refractivity contribution in [2.24, 2.45) is 0 Å². The van der Waals surface area contributed by atoms with Gasteiger partial charge in [-0.3, -0.25) is 0 Å². The monoisotopic (exact) mass is 372 g/mol. The van der Waals surface area contributed by atoms with Crippen LogP contribution in [0.25, 0.3) is 18.2 Å². The second-order valence-electron chi connectivity index (χ2n) is 6.84. The SMILES string of the molecule is C.Oc1ccccc1C(n1ncc2c1C=CCC=C2)n1ncc2c1C=CCC2. The van der Waals surface area contributed by atoms with Crippen molar-refractivity contribution >= 4 is 18.2 Å². The molecule has 2 aliphatic rings. The van der Waals surface area contributed by atoms with Crippen molar-refractivity contribution in [1.82, 2.24) is 19.6 Å². The van der Waals surface area contributed by atoms with E-state index in [0.29, 0.717) is 0 Å². The normalized spacial score (nSPS) is 15.4. The number of hydrogen-bond donors (Lipinski definition) is 1. The molecule has 0 radical (unpaired) electrons. The number of nitrogens with zero attached hydrogens (tertiary/aromatic N) is 4. The Morgan fingerprint density at radius 2 is 1.64 bits per heavy atom. The molecule has 1 N–H and O–H groups in total. The summed E-state index contributed by atoms with van der Waals surface area (Å²) in [6.45, 7) is 0. The summed E-state index contributed by atoms with van der Waals surface area (Å²) in [5, 5.41) is 20.0. The van der Waals surface area contributed by atoms with Crippen molar-refractivity contribution in [3.63, 3.8) is 0 Å². The van der Waals surface area contributed by atoms with Crippen LogP contribution in [-0.2, 0) is 6.42 Å². The number of aryl methyl sites for hydroxylation is 1. The number of phenolic OH excluding ortho intramolecular Hbond substituents is 1. The van der Waals surface area contributed by atoms with E-state index in [1.165, 1.54) is 5.56 Å². The van der Waals surface area contributed by atoms with Crippen molar-refractivity contribution in [2.75, 3.05) is 0 Å². The highest BCUT2D eigenvalue weighted by molar-refractivity contribution is 5.65. The van der Waals surface area contributed by atoms with Gasteiger partial charge in [0.1, 0.15) is 5.75 Å². The first-order valence-corrected chi connectivity index (χ1v) is 9.24. The average Bonchev–Trinajstić information content (AvgIpc) is 3.21. The highest BCUT2D eigenvalue weighted by Crippen LogP contribution is 2.33. The molecule has 3 aromatic rings. The van der Waals surface area contributed by atoms with Crippen LogP contribution in [0.4, 0.5) is 0 Å². The largest absolute Gasteiger partial charge is 0.508 e. The second kappa shape index (κ2) is 7.35. The van der Waals surface area contributed by atoms with Crippen LogP contribution in [0.3, 0.4) is 0 Å². The second-order valence-corrected chi connectivity index (χ2v) is 6.84. The van der Waals surface area contributed by atoms with Crippen LogP contribution in [0.5, 0.6) is 5.75 Å². The molecular formula is C23H24N4O. The van der Waals surface area contributed by atoms with Crippen molar-refractivity contribution in [2.45, 2.75) is 32.9 Å². The number of rotatable bonds is 3. The Balaban J connectivity index is 0.00000192. The number of para-hydroxylation sites is 1. The first kappa shape index (κ1) is 18.0. The summed E-state index contributed by atoms with van der Waals surface area (Å²) in [5.41, 5.74) is 5.16. The molecule has 5 heteroatoms. The highest BCUT2D eigenvalue weighted by atomic mass is 16.3. The number of hydrogen-bond acceptors (Lipinski definition) is 3. The number of phenols is 1. The zero-order valence-corrected chi connectivity index (χ0v) is 14.9. The third kappa shape index (κ3) is 2.89. The smallest absolute Gasteiger partial charge is 0.173 e. The van der Waals surface area contributed by atoms with E-state index in [4.69, 9.17) is 5.10 Å². The van der Waals surface area contributed by atoms with Crippen LogP contribution in [-0.4, -0.2) is 24.7 Å². The molecule has 5 rings (SSSR count). The number of fused-ring (bicyclic) bond motifs is 2. The zero-order valence-electron chi connectivity index (χ0n) is 14.9. The molecule has 2 heterocycles. The van der Waals surface area contributed by atoms with Crippen LogP contribution >= 0.6 is 0 Å². The molecule has 1 atom stereocenters. The van der Waals surface area contributed by atoms with E-state index in [1.54, 1.807) is 6.07 Å². The van der Waals surface area contributed by atoms with Gasteiger partial charge in [-0.25, -0.2) is 9.36 Å². The third-order valence-electron chi connectivity index (χ3n) is 5.16. The van der Waals surface area contributed by atoms with E-state index in [1.807, 2.05) is 40.0 Å². The van der Waals surface area contributed by atoms with Crippen molar-refractivity contribution < 1.29 is 5.11 Å². The van der Waals surface area contributed by atoms with Crippen molar-refractivity contribution in [1.29, 1.82) is 0 Å². The Morgan fingerprint density at radius 1 is 0.893 bits per heavy atom. The summed E-state index contributed by atoms with van der Waals surface area (Å²) in [4.78, 5) is 0. The van der Waals surface area contributed by atoms with Gasteiger partial charge in [0.05, 0.1) is 23.8 Å². The summed E-state index contributed by atoms with van der Waals surface area (Å²) in [6.07, 6.45) is 19.1. The Morgan fingerprint density at radius 3 is 2.54 bits per heavy atom. The van der Waals surface area contributed by atoms with E-state index < -0.39 is 0 Å². The molecule has 28 heavy (non-hydrogen) atoms. The fourth-order valence-corrected chi connectivity index (χ4v) is 3.82. The van der Waals surface area contributed by atoms with E-state index in [2.05, 4.69) is 41.6 Å². The molecule has 0 saturated heterocycles. The van der Waals surface area contributed by atoms with Crippen LogP contribution < -0.4 is 0 Å². The van der Waals surface area contributed by atoms with Gasteiger partial charge < -0.3 is 5.11 Å². The van der Waals surface area contributed by atoms with E-state index >= 15 is 0 Å². The van der Waals surface area contributed by atoms with Gasteiger partial charge in [0, 0.05) is 11.1 Å². The lowest BCUT2D eigenvalue weighted by Crippen LogP contribution is -2.24. The van der Waals surface area contributed by atoms with Gasteiger partial charge in [0.15, 0.2) is 6.17 Å². The summed E-state index contributed by atoms with van der Waals surface area (Å²) < 4.78 is 3.92. The van der Waals surface area contributed by atoms with Gasteiger partial charge in [-0.15, -0.1) is 0 Å². The van der Waals surface area contributed by atoms with E-state index in [0.717, 1.165) is 41.8 Å². The van der Waals surface area contributed by atoms with Crippen LogP contribution in [0.15, 0.2) is 54.9 Å². The van der Waals surface area contributed by atoms with Crippen LogP contribution in [0.2, 0.25) is 0 Å². The predicted octanol–water partition coefficient (Wildman–Crippen LogP) is 4.91.